The predicted molar refractivity (Wildman–Crippen MR) is 111 cm³/mol. The zero-order chi connectivity index (χ0) is 19.5. The van der Waals surface area contributed by atoms with Crippen LogP contribution in [0.2, 0.25) is 0 Å². The van der Waals surface area contributed by atoms with Crippen molar-refractivity contribution in [3.05, 3.63) is 48.5 Å². The van der Waals surface area contributed by atoms with E-state index in [9.17, 15) is 4.79 Å². The van der Waals surface area contributed by atoms with Crippen LogP contribution in [0.15, 0.2) is 47.9 Å². The molecule has 0 saturated carbocycles. The number of hydrogen-bond acceptors (Lipinski definition) is 6. The van der Waals surface area contributed by atoms with Gasteiger partial charge in [0.1, 0.15) is 6.33 Å². The van der Waals surface area contributed by atoms with Crippen molar-refractivity contribution in [2.45, 2.75) is 42.9 Å². The minimum atomic E-state index is 0.0600. The van der Waals surface area contributed by atoms with Gasteiger partial charge in [0, 0.05) is 41.7 Å². The van der Waals surface area contributed by atoms with Crippen LogP contribution in [-0.4, -0.2) is 49.9 Å². The molecule has 1 N–H and O–H groups in total. The van der Waals surface area contributed by atoms with Gasteiger partial charge in [0.15, 0.2) is 5.82 Å². The molecule has 8 heteroatoms. The Kier molecular flexibility index (Phi) is 5.47. The fraction of sp³-hybridized carbons (Fsp3) is 0.400. The molecule has 1 saturated heterocycles. The number of amides is 1. The van der Waals surface area contributed by atoms with Crippen molar-refractivity contribution in [1.82, 2.24) is 24.9 Å². The Morgan fingerprint density at radius 2 is 2.14 bits per heavy atom. The molecule has 2 aromatic heterocycles. The monoisotopic (exact) mass is 396 g/mol. The van der Waals surface area contributed by atoms with E-state index < -0.39 is 0 Å². The first-order valence-electron chi connectivity index (χ1n) is 9.53. The smallest absolute Gasteiger partial charge is 0.224 e. The largest absolute Gasteiger partial charge is 0.351 e. The highest BCUT2D eigenvalue weighted by Gasteiger charge is 2.26. The summed E-state index contributed by atoms with van der Waals surface area (Å²) in [5, 5.41) is 11.8. The van der Waals surface area contributed by atoms with Gasteiger partial charge in [-0.25, -0.2) is 4.98 Å². The summed E-state index contributed by atoms with van der Waals surface area (Å²) in [6.07, 6.45) is 6.55. The quantitative estimate of drug-likeness (QED) is 0.646. The van der Waals surface area contributed by atoms with Crippen molar-refractivity contribution in [3.8, 4) is 0 Å². The number of benzene rings is 1. The molecule has 0 bridgehead atoms. The van der Waals surface area contributed by atoms with Gasteiger partial charge in [-0.3, -0.25) is 9.20 Å². The molecule has 1 aliphatic heterocycles. The summed E-state index contributed by atoms with van der Waals surface area (Å²) in [6, 6.07) is 8.39. The maximum atomic E-state index is 12.5. The minimum absolute atomic E-state index is 0.0600. The molecule has 1 fully saturated rings. The first-order chi connectivity index (χ1) is 13.6. The topological polar surface area (TPSA) is 75.4 Å². The van der Waals surface area contributed by atoms with Gasteiger partial charge in [-0.2, -0.15) is 0 Å². The second-order valence-electron chi connectivity index (χ2n) is 7.30. The van der Waals surface area contributed by atoms with Gasteiger partial charge in [-0.15, -0.1) is 22.0 Å². The standard InChI is InChI=1S/C20H24N6OS/c1-14(2)28-17-5-3-15(4-6-17)11-18(27)23-16-7-9-25(12-16)19-20-24-22-13-26(20)10-8-21-19/h3-6,8,10,13-14,16H,7,9,11-12H2,1-2H3,(H,23,27)/t16-/m0/s1. The molecule has 0 spiro atoms. The minimum Gasteiger partial charge on any atom is -0.351 e. The lowest BCUT2D eigenvalue weighted by molar-refractivity contribution is -0.121. The van der Waals surface area contributed by atoms with E-state index in [2.05, 4.69) is 51.4 Å². The molecule has 0 unspecified atom stereocenters. The maximum absolute atomic E-state index is 12.5. The van der Waals surface area contributed by atoms with Gasteiger partial charge < -0.3 is 10.2 Å². The molecule has 7 nitrogen and oxygen atoms in total. The lowest BCUT2D eigenvalue weighted by atomic mass is 10.1. The number of fused-ring (bicyclic) bond motifs is 1. The second-order valence-corrected chi connectivity index (χ2v) is 8.95. The first-order valence-corrected chi connectivity index (χ1v) is 10.4. The summed E-state index contributed by atoms with van der Waals surface area (Å²) in [5.41, 5.74) is 1.78. The van der Waals surface area contributed by atoms with Crippen molar-refractivity contribution >= 4 is 29.1 Å². The number of thioether (sulfide) groups is 1. The van der Waals surface area contributed by atoms with Gasteiger partial charge in [-0.1, -0.05) is 26.0 Å². The van der Waals surface area contributed by atoms with Crippen molar-refractivity contribution in [1.29, 1.82) is 0 Å². The third kappa shape index (κ3) is 4.27. The van der Waals surface area contributed by atoms with Gasteiger partial charge >= 0.3 is 0 Å². The molecule has 0 radical (unpaired) electrons. The van der Waals surface area contributed by atoms with E-state index in [1.54, 1.807) is 12.5 Å². The predicted octanol–water partition coefficient (Wildman–Crippen LogP) is 2.56. The molecule has 3 aromatic rings. The highest BCUT2D eigenvalue weighted by molar-refractivity contribution is 7.99. The Morgan fingerprint density at radius 1 is 1.32 bits per heavy atom. The fourth-order valence-corrected chi connectivity index (χ4v) is 4.30. The van der Waals surface area contributed by atoms with Crippen LogP contribution in [0.4, 0.5) is 5.82 Å². The Hall–Kier alpha value is -2.61. The summed E-state index contributed by atoms with van der Waals surface area (Å²) in [6.45, 7) is 5.92. The van der Waals surface area contributed by atoms with Gasteiger partial charge in [0.05, 0.1) is 6.42 Å². The Labute approximate surface area is 168 Å². The van der Waals surface area contributed by atoms with E-state index >= 15 is 0 Å². The van der Waals surface area contributed by atoms with E-state index in [-0.39, 0.29) is 11.9 Å². The number of nitrogens with zero attached hydrogens (tertiary/aromatic N) is 5. The van der Waals surface area contributed by atoms with Gasteiger partial charge in [0.25, 0.3) is 0 Å². The number of nitrogens with one attached hydrogen (secondary N) is 1. The third-order valence-corrected chi connectivity index (χ3v) is 5.73. The highest BCUT2D eigenvalue weighted by atomic mass is 32.2. The van der Waals surface area contributed by atoms with E-state index in [4.69, 9.17) is 0 Å². The summed E-state index contributed by atoms with van der Waals surface area (Å²) < 4.78 is 1.86. The number of aromatic nitrogens is 4. The van der Waals surface area contributed by atoms with Crippen LogP contribution < -0.4 is 10.2 Å². The van der Waals surface area contributed by atoms with E-state index in [0.717, 1.165) is 36.5 Å². The molecule has 1 aliphatic rings. The van der Waals surface area contributed by atoms with Crippen LogP contribution in [0.5, 0.6) is 0 Å². The molecule has 1 aromatic carbocycles. The highest BCUT2D eigenvalue weighted by Crippen LogP contribution is 2.23. The molecule has 1 amide bonds. The molecule has 3 heterocycles. The summed E-state index contributed by atoms with van der Waals surface area (Å²) in [7, 11) is 0. The number of rotatable bonds is 6. The van der Waals surface area contributed by atoms with Crippen molar-refractivity contribution in [2.24, 2.45) is 0 Å². The molecular formula is C20H24N6OS. The summed E-state index contributed by atoms with van der Waals surface area (Å²) in [4.78, 5) is 20.3. The van der Waals surface area contributed by atoms with Crippen LogP contribution in [0.3, 0.4) is 0 Å². The van der Waals surface area contributed by atoms with E-state index in [1.165, 1.54) is 4.90 Å². The molecule has 4 rings (SSSR count). The fourth-order valence-electron chi connectivity index (χ4n) is 3.46. The molecular weight excluding hydrogens is 372 g/mol. The number of hydrogen-bond donors (Lipinski definition) is 1. The SMILES string of the molecule is CC(C)Sc1ccc(CC(=O)N[C@H]2CCN(c3nccn4cnnc34)C2)cc1. The maximum Gasteiger partial charge on any atom is 0.224 e. The van der Waals surface area contributed by atoms with Gasteiger partial charge in [-0.05, 0) is 24.1 Å². The molecule has 1 atom stereocenters. The van der Waals surface area contributed by atoms with Crippen LogP contribution >= 0.6 is 11.8 Å². The second kappa shape index (κ2) is 8.18. The third-order valence-electron chi connectivity index (χ3n) is 4.71. The van der Waals surface area contributed by atoms with Gasteiger partial charge in [0.2, 0.25) is 11.6 Å². The average molecular weight is 397 g/mol. The van der Waals surface area contributed by atoms with Crippen LogP contribution in [0, 0.1) is 0 Å². The lowest BCUT2D eigenvalue weighted by Crippen LogP contribution is -2.38. The zero-order valence-corrected chi connectivity index (χ0v) is 16.9. The van der Waals surface area contributed by atoms with Crippen molar-refractivity contribution < 1.29 is 4.79 Å². The lowest BCUT2D eigenvalue weighted by Gasteiger charge is -2.18. The Balaban J connectivity index is 1.33. The van der Waals surface area contributed by atoms with E-state index in [1.807, 2.05) is 34.5 Å². The van der Waals surface area contributed by atoms with Crippen molar-refractivity contribution in [3.63, 3.8) is 0 Å². The average Bonchev–Trinajstić information content (AvgIpc) is 3.32. The summed E-state index contributed by atoms with van der Waals surface area (Å²) >= 11 is 1.83. The van der Waals surface area contributed by atoms with Crippen LogP contribution in [-0.2, 0) is 11.2 Å². The zero-order valence-electron chi connectivity index (χ0n) is 16.1. The van der Waals surface area contributed by atoms with Crippen LogP contribution in [0.25, 0.3) is 5.65 Å². The van der Waals surface area contributed by atoms with Crippen molar-refractivity contribution in [2.75, 3.05) is 18.0 Å². The molecule has 28 heavy (non-hydrogen) atoms. The summed E-state index contributed by atoms with van der Waals surface area (Å²) in [5.74, 6) is 0.875. The Morgan fingerprint density at radius 3 is 2.93 bits per heavy atom. The number of carbonyl (C=O) groups is 1. The van der Waals surface area contributed by atoms with Crippen LogP contribution in [0.1, 0.15) is 25.8 Å². The normalized spacial score (nSPS) is 16.8. The number of carbonyl (C=O) groups excluding carboxylic acids is 1. The molecule has 0 aliphatic carbocycles. The molecule has 146 valence electrons. The first kappa shape index (κ1) is 18.7. The number of anilines is 1. The van der Waals surface area contributed by atoms with E-state index in [0.29, 0.717) is 11.7 Å². The Bertz CT molecular complexity index is 955.